The lowest BCUT2D eigenvalue weighted by Gasteiger charge is -2.30. The van der Waals surface area contributed by atoms with Crippen molar-refractivity contribution in [1.29, 1.82) is 0 Å². The second-order valence-corrected chi connectivity index (χ2v) is 9.01. The highest BCUT2D eigenvalue weighted by Crippen LogP contribution is 2.23. The van der Waals surface area contributed by atoms with Gasteiger partial charge in [0.25, 0.3) is 0 Å². The molecular formula is C12H17NO4S2. The van der Waals surface area contributed by atoms with Gasteiger partial charge >= 0.3 is 0 Å². The van der Waals surface area contributed by atoms with Crippen molar-refractivity contribution < 1.29 is 16.8 Å². The Morgan fingerprint density at radius 3 is 2.00 bits per heavy atom. The highest BCUT2D eigenvalue weighted by molar-refractivity contribution is 7.91. The molecule has 0 aliphatic carbocycles. The predicted octanol–water partition coefficient (Wildman–Crippen LogP) is 0.884. The molecule has 0 unspecified atom stereocenters. The lowest BCUT2D eigenvalue weighted by molar-refractivity contribution is 0.346. The molecule has 1 aliphatic heterocycles. The standard InChI is InChI=1S/C12H17NO4S2/c1-18(14,15)11-7-9-13(10-8-11)19(16,17)12-5-3-2-4-6-12/h2-6,11H,7-10H2,1H3. The van der Waals surface area contributed by atoms with Gasteiger partial charge in [-0.25, -0.2) is 16.8 Å². The van der Waals surface area contributed by atoms with Gasteiger partial charge in [0.2, 0.25) is 10.0 Å². The largest absolute Gasteiger partial charge is 0.243 e. The van der Waals surface area contributed by atoms with Crippen LogP contribution in [0.15, 0.2) is 35.2 Å². The molecule has 0 radical (unpaired) electrons. The molecule has 2 rings (SSSR count). The molecule has 7 heteroatoms. The molecule has 0 saturated carbocycles. The van der Waals surface area contributed by atoms with E-state index in [4.69, 9.17) is 0 Å². The van der Waals surface area contributed by atoms with Crippen molar-refractivity contribution in [2.24, 2.45) is 0 Å². The molecule has 1 aromatic rings. The number of hydrogen-bond acceptors (Lipinski definition) is 4. The average molecular weight is 303 g/mol. The summed E-state index contributed by atoms with van der Waals surface area (Å²) in [5.74, 6) is 0. The van der Waals surface area contributed by atoms with E-state index in [9.17, 15) is 16.8 Å². The third-order valence-electron chi connectivity index (χ3n) is 3.39. The molecule has 1 saturated heterocycles. The Morgan fingerprint density at radius 1 is 1.00 bits per heavy atom. The maximum absolute atomic E-state index is 12.3. The van der Waals surface area contributed by atoms with E-state index in [0.29, 0.717) is 12.8 Å². The second kappa shape index (κ2) is 5.22. The zero-order valence-corrected chi connectivity index (χ0v) is 12.3. The van der Waals surface area contributed by atoms with Crippen molar-refractivity contribution >= 4 is 19.9 Å². The van der Waals surface area contributed by atoms with Crippen LogP contribution < -0.4 is 0 Å². The fourth-order valence-corrected chi connectivity index (χ4v) is 4.80. The van der Waals surface area contributed by atoms with Gasteiger partial charge in [0.05, 0.1) is 10.1 Å². The Bertz CT molecular complexity index is 630. The topological polar surface area (TPSA) is 71.5 Å². The molecule has 0 atom stereocenters. The van der Waals surface area contributed by atoms with Crippen LogP contribution in [0.4, 0.5) is 0 Å². The van der Waals surface area contributed by atoms with Gasteiger partial charge in [-0.3, -0.25) is 0 Å². The molecule has 1 fully saturated rings. The van der Waals surface area contributed by atoms with Gasteiger partial charge in [-0.1, -0.05) is 18.2 Å². The number of piperidine rings is 1. The Hall–Kier alpha value is -0.920. The number of sulfonamides is 1. The summed E-state index contributed by atoms with van der Waals surface area (Å²) in [6.07, 6.45) is 1.94. The molecule has 106 valence electrons. The zero-order valence-electron chi connectivity index (χ0n) is 10.7. The Balaban J connectivity index is 2.14. The number of benzene rings is 1. The fourth-order valence-electron chi connectivity index (χ4n) is 2.24. The third-order valence-corrected chi connectivity index (χ3v) is 6.98. The number of sulfone groups is 1. The average Bonchev–Trinajstić information content (AvgIpc) is 2.39. The minimum Gasteiger partial charge on any atom is -0.229 e. The molecule has 1 heterocycles. The van der Waals surface area contributed by atoms with Gasteiger partial charge < -0.3 is 0 Å². The maximum atomic E-state index is 12.3. The smallest absolute Gasteiger partial charge is 0.229 e. The first kappa shape index (κ1) is 14.5. The third kappa shape index (κ3) is 3.16. The summed E-state index contributed by atoms with van der Waals surface area (Å²) >= 11 is 0. The van der Waals surface area contributed by atoms with Crippen molar-refractivity contribution in [3.63, 3.8) is 0 Å². The molecule has 0 spiro atoms. The second-order valence-electron chi connectivity index (χ2n) is 4.75. The van der Waals surface area contributed by atoms with Crippen molar-refractivity contribution in [3.8, 4) is 0 Å². The van der Waals surface area contributed by atoms with Crippen LogP contribution >= 0.6 is 0 Å². The fraction of sp³-hybridized carbons (Fsp3) is 0.500. The first-order valence-electron chi connectivity index (χ1n) is 6.06. The van der Waals surface area contributed by atoms with Crippen LogP contribution in [-0.4, -0.2) is 45.7 Å². The van der Waals surface area contributed by atoms with Crippen molar-refractivity contribution in [1.82, 2.24) is 4.31 Å². The number of hydrogen-bond donors (Lipinski definition) is 0. The van der Waals surface area contributed by atoms with E-state index >= 15 is 0 Å². The molecule has 19 heavy (non-hydrogen) atoms. The minimum absolute atomic E-state index is 0.257. The number of rotatable bonds is 3. The highest BCUT2D eigenvalue weighted by atomic mass is 32.2. The Morgan fingerprint density at radius 2 is 1.53 bits per heavy atom. The lowest BCUT2D eigenvalue weighted by atomic mass is 10.2. The van der Waals surface area contributed by atoms with Crippen molar-refractivity contribution in [3.05, 3.63) is 30.3 Å². The van der Waals surface area contributed by atoms with Gasteiger partial charge in [-0.15, -0.1) is 0 Å². The van der Waals surface area contributed by atoms with Crippen molar-refractivity contribution in [2.45, 2.75) is 23.0 Å². The minimum atomic E-state index is -3.49. The Labute approximate surface area is 114 Å². The van der Waals surface area contributed by atoms with Crippen LogP contribution in [0, 0.1) is 0 Å². The summed E-state index contributed by atoms with van der Waals surface area (Å²) < 4.78 is 48.9. The van der Waals surface area contributed by atoms with E-state index in [1.807, 2.05) is 0 Å². The van der Waals surface area contributed by atoms with Crippen LogP contribution in [0.25, 0.3) is 0 Å². The lowest BCUT2D eigenvalue weighted by Crippen LogP contribution is -2.42. The molecule has 5 nitrogen and oxygen atoms in total. The summed E-state index contributed by atoms with van der Waals surface area (Å²) in [6.45, 7) is 0.518. The Kier molecular flexibility index (Phi) is 3.98. The summed E-state index contributed by atoms with van der Waals surface area (Å²) in [7, 11) is -6.57. The van der Waals surface area contributed by atoms with E-state index in [1.165, 1.54) is 10.6 Å². The van der Waals surface area contributed by atoms with Crippen LogP contribution in [0.3, 0.4) is 0 Å². The molecule has 1 aromatic carbocycles. The molecule has 1 aliphatic rings. The first-order chi connectivity index (χ1) is 8.82. The summed E-state index contributed by atoms with van der Waals surface area (Å²) in [6, 6.07) is 8.22. The molecule has 0 aromatic heterocycles. The maximum Gasteiger partial charge on any atom is 0.243 e. The van der Waals surface area contributed by atoms with E-state index in [0.717, 1.165) is 0 Å². The van der Waals surface area contributed by atoms with E-state index < -0.39 is 25.1 Å². The van der Waals surface area contributed by atoms with Gasteiger partial charge in [-0.05, 0) is 25.0 Å². The van der Waals surface area contributed by atoms with Crippen LogP contribution in [-0.2, 0) is 19.9 Å². The van der Waals surface area contributed by atoms with E-state index in [1.54, 1.807) is 30.3 Å². The van der Waals surface area contributed by atoms with Crippen LogP contribution in [0.1, 0.15) is 12.8 Å². The summed E-state index contributed by atoms with van der Waals surface area (Å²) in [5, 5.41) is -0.422. The summed E-state index contributed by atoms with van der Waals surface area (Å²) in [5.41, 5.74) is 0. The molecule has 0 N–H and O–H groups in total. The van der Waals surface area contributed by atoms with Crippen LogP contribution in [0.2, 0.25) is 0 Å². The van der Waals surface area contributed by atoms with Gasteiger partial charge in [0, 0.05) is 19.3 Å². The summed E-state index contributed by atoms with van der Waals surface area (Å²) in [4.78, 5) is 0.257. The van der Waals surface area contributed by atoms with Crippen molar-refractivity contribution in [2.75, 3.05) is 19.3 Å². The monoisotopic (exact) mass is 303 g/mol. The highest BCUT2D eigenvalue weighted by Gasteiger charge is 2.32. The van der Waals surface area contributed by atoms with E-state index in [-0.39, 0.29) is 18.0 Å². The quantitative estimate of drug-likeness (QED) is 0.831. The van der Waals surface area contributed by atoms with Gasteiger partial charge in [-0.2, -0.15) is 4.31 Å². The molecule has 0 amide bonds. The molecule has 0 bridgehead atoms. The van der Waals surface area contributed by atoms with Gasteiger partial charge in [0.15, 0.2) is 0 Å². The zero-order chi connectivity index (χ0) is 14.1. The normalized spacial score (nSPS) is 19.4. The SMILES string of the molecule is CS(=O)(=O)C1CCN(S(=O)(=O)c2ccccc2)CC1. The predicted molar refractivity (Wildman–Crippen MR) is 73.1 cm³/mol. The van der Waals surface area contributed by atoms with Gasteiger partial charge in [0.1, 0.15) is 9.84 Å². The first-order valence-corrected chi connectivity index (χ1v) is 9.45. The van der Waals surface area contributed by atoms with Crippen LogP contribution in [0.5, 0.6) is 0 Å². The van der Waals surface area contributed by atoms with E-state index in [2.05, 4.69) is 0 Å². The number of nitrogens with zero attached hydrogens (tertiary/aromatic N) is 1. The molecular weight excluding hydrogens is 286 g/mol.